The molecule has 0 fully saturated rings. The molecule has 0 saturated heterocycles. The van der Waals surface area contributed by atoms with Gasteiger partial charge in [-0.3, -0.25) is 0 Å². The number of hydrogen-bond acceptors (Lipinski definition) is 2. The highest BCUT2D eigenvalue weighted by molar-refractivity contribution is 5.27. The van der Waals surface area contributed by atoms with E-state index in [1.807, 2.05) is 12.1 Å². The second-order valence-corrected chi connectivity index (χ2v) is 13.6. The van der Waals surface area contributed by atoms with Crippen LogP contribution in [0.3, 0.4) is 0 Å². The van der Waals surface area contributed by atoms with Crippen LogP contribution in [0.5, 0.6) is 5.75 Å². The lowest BCUT2D eigenvalue weighted by Gasteiger charge is -2.18. The van der Waals surface area contributed by atoms with Crippen molar-refractivity contribution in [1.82, 2.24) is 5.32 Å². The van der Waals surface area contributed by atoms with Crippen molar-refractivity contribution in [3.05, 3.63) is 29.8 Å². The normalized spacial score (nSPS) is 12.2. The van der Waals surface area contributed by atoms with Gasteiger partial charge in [0.2, 0.25) is 0 Å². The van der Waals surface area contributed by atoms with E-state index in [1.165, 1.54) is 185 Å². The van der Waals surface area contributed by atoms with Crippen molar-refractivity contribution < 1.29 is 5.11 Å². The van der Waals surface area contributed by atoms with Gasteiger partial charge >= 0.3 is 0 Å². The molecule has 2 N–H and O–H groups in total. The summed E-state index contributed by atoms with van der Waals surface area (Å²) in [7, 11) is 0. The van der Waals surface area contributed by atoms with Gasteiger partial charge in [-0.2, -0.15) is 0 Å². The fourth-order valence-electron chi connectivity index (χ4n) is 6.49. The van der Waals surface area contributed by atoms with Gasteiger partial charge in [-0.1, -0.05) is 193 Å². The number of aromatic hydroxyl groups is 1. The molecule has 1 aromatic carbocycles. The van der Waals surface area contributed by atoms with E-state index in [0.717, 1.165) is 19.5 Å². The number of unbranched alkanes of at least 4 members (excludes halogenated alkanes) is 25. The molecule has 42 heavy (non-hydrogen) atoms. The van der Waals surface area contributed by atoms with Gasteiger partial charge in [0.25, 0.3) is 0 Å². The van der Waals surface area contributed by atoms with Gasteiger partial charge in [0, 0.05) is 0 Å². The SMILES string of the molecule is CCCCCCCCCCCCCCCCCCNCC(CCCCCCCCCCCCC)Cc1cccc(O)c1. The number of rotatable bonds is 33. The second-order valence-electron chi connectivity index (χ2n) is 13.6. The molecule has 1 unspecified atom stereocenters. The first kappa shape index (κ1) is 39.0. The Balaban J connectivity index is 2.03. The van der Waals surface area contributed by atoms with Crippen LogP contribution in [0.4, 0.5) is 0 Å². The summed E-state index contributed by atoms with van der Waals surface area (Å²) in [6.07, 6.45) is 40.8. The third-order valence-corrected chi connectivity index (χ3v) is 9.29. The molecule has 0 aliphatic heterocycles. The van der Waals surface area contributed by atoms with Gasteiger partial charge in [0.1, 0.15) is 5.75 Å². The van der Waals surface area contributed by atoms with Gasteiger partial charge in [-0.05, 0) is 56.0 Å². The van der Waals surface area contributed by atoms with Crippen LogP contribution >= 0.6 is 0 Å². The second kappa shape index (κ2) is 31.4. The highest BCUT2D eigenvalue weighted by Crippen LogP contribution is 2.20. The minimum Gasteiger partial charge on any atom is -0.508 e. The molecule has 0 aliphatic carbocycles. The Morgan fingerprint density at radius 3 is 1.36 bits per heavy atom. The third-order valence-electron chi connectivity index (χ3n) is 9.29. The highest BCUT2D eigenvalue weighted by atomic mass is 16.3. The molecule has 1 rings (SSSR count). The summed E-state index contributed by atoms with van der Waals surface area (Å²) in [6, 6.07) is 7.93. The molecule has 0 radical (unpaired) electrons. The maximum atomic E-state index is 9.93. The van der Waals surface area contributed by atoms with Gasteiger partial charge in [-0.15, -0.1) is 0 Å². The summed E-state index contributed by atoms with van der Waals surface area (Å²) < 4.78 is 0. The van der Waals surface area contributed by atoms with Crippen molar-refractivity contribution in [2.45, 2.75) is 200 Å². The minimum absolute atomic E-state index is 0.405. The first-order valence-electron chi connectivity index (χ1n) is 19.2. The Kier molecular flexibility index (Phi) is 29.2. The van der Waals surface area contributed by atoms with Crippen LogP contribution < -0.4 is 5.32 Å². The van der Waals surface area contributed by atoms with Crippen molar-refractivity contribution >= 4 is 0 Å². The average molecular weight is 586 g/mol. The molecular weight excluding hydrogens is 510 g/mol. The van der Waals surface area contributed by atoms with Crippen LogP contribution in [0.2, 0.25) is 0 Å². The molecule has 1 atom stereocenters. The van der Waals surface area contributed by atoms with Crippen LogP contribution in [0.15, 0.2) is 24.3 Å². The molecule has 0 aliphatic rings. The molecule has 2 nitrogen and oxygen atoms in total. The largest absolute Gasteiger partial charge is 0.508 e. The Morgan fingerprint density at radius 2 is 0.929 bits per heavy atom. The first-order valence-corrected chi connectivity index (χ1v) is 19.2. The highest BCUT2D eigenvalue weighted by Gasteiger charge is 2.10. The third kappa shape index (κ3) is 26.6. The average Bonchev–Trinajstić information content (AvgIpc) is 2.99. The van der Waals surface area contributed by atoms with E-state index in [0.29, 0.717) is 11.7 Å². The zero-order chi connectivity index (χ0) is 30.2. The van der Waals surface area contributed by atoms with Crippen LogP contribution in [0, 0.1) is 5.92 Å². The fourth-order valence-corrected chi connectivity index (χ4v) is 6.49. The number of phenols is 1. The maximum absolute atomic E-state index is 9.93. The molecule has 0 spiro atoms. The summed E-state index contributed by atoms with van der Waals surface area (Å²) in [6.45, 7) is 6.88. The lowest BCUT2D eigenvalue weighted by atomic mass is 9.93. The summed E-state index contributed by atoms with van der Waals surface area (Å²) in [5, 5.41) is 13.7. The van der Waals surface area contributed by atoms with Crippen LogP contribution in [0.1, 0.15) is 199 Å². The van der Waals surface area contributed by atoms with E-state index in [2.05, 4.69) is 25.2 Å². The number of nitrogens with one attached hydrogen (secondary N) is 1. The Morgan fingerprint density at radius 1 is 0.524 bits per heavy atom. The summed E-state index contributed by atoms with van der Waals surface area (Å²) >= 11 is 0. The molecule has 1 aromatic rings. The number of phenolic OH excluding ortho intramolecular Hbond substituents is 1. The standard InChI is InChI=1S/C40H75NO/c1-3-5-7-9-11-13-15-16-17-18-19-21-23-25-27-29-34-41-37-39(35-38-32-30-33-40(42)36-38)31-28-26-24-22-20-14-12-10-8-6-4-2/h30,32-33,36,39,41-42H,3-29,31,34-35,37H2,1-2H3. The Bertz CT molecular complexity index is 659. The lowest BCUT2D eigenvalue weighted by Crippen LogP contribution is -2.25. The van der Waals surface area contributed by atoms with E-state index in [1.54, 1.807) is 6.07 Å². The molecule has 246 valence electrons. The Hall–Kier alpha value is -1.02. The molecule has 0 aromatic heterocycles. The fraction of sp³-hybridized carbons (Fsp3) is 0.850. The number of benzene rings is 1. The molecular formula is C40H75NO. The van der Waals surface area contributed by atoms with E-state index in [4.69, 9.17) is 0 Å². The monoisotopic (exact) mass is 586 g/mol. The molecule has 0 bridgehead atoms. The van der Waals surface area contributed by atoms with E-state index < -0.39 is 0 Å². The van der Waals surface area contributed by atoms with Gasteiger partial charge in [0.05, 0.1) is 0 Å². The Labute approximate surface area is 264 Å². The zero-order valence-corrected chi connectivity index (χ0v) is 28.8. The van der Waals surface area contributed by atoms with E-state index in [-0.39, 0.29) is 0 Å². The van der Waals surface area contributed by atoms with Crippen LogP contribution in [-0.2, 0) is 6.42 Å². The van der Waals surface area contributed by atoms with Gasteiger partial charge < -0.3 is 10.4 Å². The summed E-state index contributed by atoms with van der Waals surface area (Å²) in [4.78, 5) is 0. The lowest BCUT2D eigenvalue weighted by molar-refractivity contribution is 0.413. The van der Waals surface area contributed by atoms with Crippen molar-refractivity contribution in [1.29, 1.82) is 0 Å². The van der Waals surface area contributed by atoms with Gasteiger partial charge in [0.15, 0.2) is 0 Å². The van der Waals surface area contributed by atoms with Crippen molar-refractivity contribution in [3.8, 4) is 5.75 Å². The van der Waals surface area contributed by atoms with Crippen LogP contribution in [-0.4, -0.2) is 18.2 Å². The minimum atomic E-state index is 0.405. The summed E-state index contributed by atoms with van der Waals surface area (Å²) in [5.41, 5.74) is 1.28. The topological polar surface area (TPSA) is 32.3 Å². The molecule has 2 heteroatoms. The quantitative estimate of drug-likeness (QED) is 0.0804. The van der Waals surface area contributed by atoms with E-state index >= 15 is 0 Å². The zero-order valence-electron chi connectivity index (χ0n) is 28.8. The van der Waals surface area contributed by atoms with Crippen LogP contribution in [0.25, 0.3) is 0 Å². The number of hydrogen-bond donors (Lipinski definition) is 2. The summed E-state index contributed by atoms with van der Waals surface area (Å²) in [5.74, 6) is 1.08. The predicted molar refractivity (Wildman–Crippen MR) is 189 cm³/mol. The molecule has 0 heterocycles. The van der Waals surface area contributed by atoms with E-state index in [9.17, 15) is 5.11 Å². The molecule has 0 saturated carbocycles. The van der Waals surface area contributed by atoms with Gasteiger partial charge in [-0.25, -0.2) is 0 Å². The predicted octanol–water partition coefficient (Wildman–Crippen LogP) is 13.1. The smallest absolute Gasteiger partial charge is 0.115 e. The van der Waals surface area contributed by atoms with Crippen molar-refractivity contribution in [3.63, 3.8) is 0 Å². The van der Waals surface area contributed by atoms with Crippen molar-refractivity contribution in [2.75, 3.05) is 13.1 Å². The molecule has 0 amide bonds. The van der Waals surface area contributed by atoms with Crippen molar-refractivity contribution in [2.24, 2.45) is 5.92 Å². The maximum Gasteiger partial charge on any atom is 0.115 e. The first-order chi connectivity index (χ1) is 20.8.